The summed E-state index contributed by atoms with van der Waals surface area (Å²) in [5.41, 5.74) is 0.395. The Balaban J connectivity index is 2.31. The van der Waals surface area contributed by atoms with Crippen molar-refractivity contribution in [2.24, 2.45) is 0 Å². The topological polar surface area (TPSA) is 49.4 Å². The van der Waals surface area contributed by atoms with Crippen molar-refractivity contribution < 1.29 is 9.59 Å². The average molecular weight is 238 g/mol. The number of anilines is 1. The quantitative estimate of drug-likeness (QED) is 0.789. The summed E-state index contributed by atoms with van der Waals surface area (Å²) in [6.45, 7) is 5.20. The van der Waals surface area contributed by atoms with Gasteiger partial charge in [0.15, 0.2) is 6.29 Å². The molecule has 1 N–H and O–H groups in total. The summed E-state index contributed by atoms with van der Waals surface area (Å²) in [5.74, 6) is 0.0256. The Labute approximate surface area is 98.3 Å². The van der Waals surface area contributed by atoms with Crippen molar-refractivity contribution in [2.45, 2.75) is 19.4 Å². The van der Waals surface area contributed by atoms with E-state index in [1.54, 1.807) is 0 Å². The zero-order chi connectivity index (χ0) is 11.8. The number of hydrogen-bond donors (Lipinski definition) is 1. The lowest BCUT2D eigenvalue weighted by molar-refractivity contribution is -0.126. The Morgan fingerprint density at radius 1 is 1.56 bits per heavy atom. The maximum absolute atomic E-state index is 11.8. The van der Waals surface area contributed by atoms with Crippen molar-refractivity contribution in [2.75, 3.05) is 18.0 Å². The fraction of sp³-hybridized carbons (Fsp3) is 0.455. The van der Waals surface area contributed by atoms with Gasteiger partial charge in [0.1, 0.15) is 5.54 Å². The number of carbonyl (C=O) groups excluding carboxylic acids is 2. The highest BCUT2D eigenvalue weighted by Gasteiger charge is 2.37. The fourth-order valence-corrected chi connectivity index (χ4v) is 2.59. The molecule has 1 aromatic heterocycles. The third-order valence-electron chi connectivity index (χ3n) is 2.89. The average Bonchev–Trinajstić information content (AvgIpc) is 2.70. The van der Waals surface area contributed by atoms with Crippen LogP contribution in [-0.4, -0.2) is 30.8 Å². The van der Waals surface area contributed by atoms with Gasteiger partial charge in [-0.2, -0.15) is 0 Å². The minimum atomic E-state index is -0.556. The number of amides is 1. The SMILES string of the molecule is CC1(C)C(=O)NCCN1c1csc(C=O)c1. The van der Waals surface area contributed by atoms with Gasteiger partial charge in [-0.15, -0.1) is 11.3 Å². The summed E-state index contributed by atoms with van der Waals surface area (Å²) in [6, 6.07) is 1.83. The zero-order valence-electron chi connectivity index (χ0n) is 9.32. The van der Waals surface area contributed by atoms with E-state index in [0.29, 0.717) is 11.4 Å². The van der Waals surface area contributed by atoms with Crippen molar-refractivity contribution in [3.8, 4) is 0 Å². The van der Waals surface area contributed by atoms with E-state index in [9.17, 15) is 9.59 Å². The molecule has 0 atom stereocenters. The van der Waals surface area contributed by atoms with Crippen LogP contribution in [0.4, 0.5) is 5.69 Å². The van der Waals surface area contributed by atoms with Crippen LogP contribution in [0.2, 0.25) is 0 Å². The molecular formula is C11H14N2O2S. The van der Waals surface area contributed by atoms with Gasteiger partial charge < -0.3 is 10.2 Å². The summed E-state index contributed by atoms with van der Waals surface area (Å²) >= 11 is 1.40. The highest BCUT2D eigenvalue weighted by Crippen LogP contribution is 2.29. The first-order chi connectivity index (χ1) is 7.55. The van der Waals surface area contributed by atoms with Gasteiger partial charge in [-0.05, 0) is 19.9 Å². The number of piperazine rings is 1. The van der Waals surface area contributed by atoms with E-state index >= 15 is 0 Å². The second-order valence-corrected chi connectivity index (χ2v) is 5.23. The lowest BCUT2D eigenvalue weighted by Crippen LogP contribution is -2.62. The monoisotopic (exact) mass is 238 g/mol. The van der Waals surface area contributed by atoms with Crippen molar-refractivity contribution in [1.29, 1.82) is 0 Å². The van der Waals surface area contributed by atoms with Crippen LogP contribution in [0.15, 0.2) is 11.4 Å². The molecule has 5 heteroatoms. The van der Waals surface area contributed by atoms with Crippen LogP contribution in [0.25, 0.3) is 0 Å². The maximum atomic E-state index is 11.8. The predicted octanol–water partition coefficient (Wildman–Crippen LogP) is 1.28. The molecule has 0 radical (unpaired) electrons. The summed E-state index contributed by atoms with van der Waals surface area (Å²) < 4.78 is 0. The first-order valence-corrected chi connectivity index (χ1v) is 6.03. The summed E-state index contributed by atoms with van der Waals surface area (Å²) in [6.07, 6.45) is 0.838. The summed E-state index contributed by atoms with van der Waals surface area (Å²) in [5, 5.41) is 4.77. The molecule has 0 aliphatic carbocycles. The smallest absolute Gasteiger partial charge is 0.245 e. The minimum absolute atomic E-state index is 0.0256. The molecule has 0 aromatic carbocycles. The Kier molecular flexibility index (Phi) is 2.71. The fourth-order valence-electron chi connectivity index (χ4n) is 1.90. The van der Waals surface area contributed by atoms with E-state index in [2.05, 4.69) is 5.32 Å². The molecule has 1 fully saturated rings. The van der Waals surface area contributed by atoms with Gasteiger partial charge in [-0.1, -0.05) is 0 Å². The lowest BCUT2D eigenvalue weighted by Gasteiger charge is -2.42. The van der Waals surface area contributed by atoms with E-state index in [1.807, 2.05) is 30.2 Å². The summed E-state index contributed by atoms with van der Waals surface area (Å²) in [4.78, 5) is 25.1. The molecule has 1 aliphatic rings. The summed E-state index contributed by atoms with van der Waals surface area (Å²) in [7, 11) is 0. The Hall–Kier alpha value is -1.36. The van der Waals surface area contributed by atoms with Gasteiger partial charge in [-0.25, -0.2) is 0 Å². The van der Waals surface area contributed by atoms with Crippen molar-refractivity contribution >= 4 is 29.2 Å². The van der Waals surface area contributed by atoms with Crippen LogP contribution in [0.5, 0.6) is 0 Å². The first kappa shape index (κ1) is 11.1. The number of thiophene rings is 1. The van der Waals surface area contributed by atoms with Gasteiger partial charge in [0, 0.05) is 24.2 Å². The van der Waals surface area contributed by atoms with Crippen LogP contribution < -0.4 is 10.2 Å². The Morgan fingerprint density at radius 2 is 2.31 bits per heavy atom. The molecule has 1 amide bonds. The largest absolute Gasteiger partial charge is 0.355 e. The molecule has 1 aliphatic heterocycles. The number of carbonyl (C=O) groups is 2. The van der Waals surface area contributed by atoms with Crippen LogP contribution in [0.1, 0.15) is 23.5 Å². The van der Waals surface area contributed by atoms with E-state index in [0.717, 1.165) is 18.5 Å². The Morgan fingerprint density at radius 3 is 2.94 bits per heavy atom. The van der Waals surface area contributed by atoms with E-state index in [4.69, 9.17) is 0 Å². The van der Waals surface area contributed by atoms with Crippen LogP contribution in [0, 0.1) is 0 Å². The molecule has 1 aromatic rings. The van der Waals surface area contributed by atoms with Crippen molar-refractivity contribution in [3.63, 3.8) is 0 Å². The van der Waals surface area contributed by atoms with E-state index in [1.165, 1.54) is 11.3 Å². The third-order valence-corrected chi connectivity index (χ3v) is 3.73. The molecule has 2 heterocycles. The number of nitrogens with zero attached hydrogens (tertiary/aromatic N) is 1. The molecule has 0 bridgehead atoms. The molecule has 1 saturated heterocycles. The molecule has 0 saturated carbocycles. The van der Waals surface area contributed by atoms with Gasteiger partial charge in [-0.3, -0.25) is 9.59 Å². The standard InChI is InChI=1S/C11H14N2O2S/c1-11(2)10(15)12-3-4-13(11)8-5-9(6-14)16-7-8/h5-7H,3-4H2,1-2H3,(H,12,15). The number of aldehydes is 1. The second kappa shape index (κ2) is 3.90. The molecule has 0 spiro atoms. The highest BCUT2D eigenvalue weighted by atomic mass is 32.1. The van der Waals surface area contributed by atoms with Gasteiger partial charge in [0.05, 0.1) is 4.88 Å². The van der Waals surface area contributed by atoms with Crippen LogP contribution >= 0.6 is 11.3 Å². The van der Waals surface area contributed by atoms with Crippen molar-refractivity contribution in [3.05, 3.63) is 16.3 Å². The minimum Gasteiger partial charge on any atom is -0.355 e. The van der Waals surface area contributed by atoms with Crippen LogP contribution in [0.3, 0.4) is 0 Å². The van der Waals surface area contributed by atoms with Gasteiger partial charge >= 0.3 is 0 Å². The number of hydrogen-bond acceptors (Lipinski definition) is 4. The van der Waals surface area contributed by atoms with Gasteiger partial charge in [0.25, 0.3) is 0 Å². The first-order valence-electron chi connectivity index (χ1n) is 5.15. The molecular weight excluding hydrogens is 224 g/mol. The molecule has 86 valence electrons. The van der Waals surface area contributed by atoms with E-state index in [-0.39, 0.29) is 5.91 Å². The molecule has 4 nitrogen and oxygen atoms in total. The van der Waals surface area contributed by atoms with Gasteiger partial charge in [0.2, 0.25) is 5.91 Å². The molecule has 0 unspecified atom stereocenters. The lowest BCUT2D eigenvalue weighted by atomic mass is 9.98. The molecule has 16 heavy (non-hydrogen) atoms. The van der Waals surface area contributed by atoms with E-state index < -0.39 is 5.54 Å². The highest BCUT2D eigenvalue weighted by molar-refractivity contribution is 7.12. The van der Waals surface area contributed by atoms with Crippen molar-refractivity contribution in [1.82, 2.24) is 5.32 Å². The predicted molar refractivity (Wildman–Crippen MR) is 64.1 cm³/mol. The maximum Gasteiger partial charge on any atom is 0.245 e. The zero-order valence-corrected chi connectivity index (χ0v) is 10.1. The second-order valence-electron chi connectivity index (χ2n) is 4.29. The molecule has 2 rings (SSSR count). The number of nitrogens with one attached hydrogen (secondary N) is 1. The normalized spacial score (nSPS) is 19.4. The van der Waals surface area contributed by atoms with Crippen LogP contribution in [-0.2, 0) is 4.79 Å². The Bertz CT molecular complexity index is 425. The number of rotatable bonds is 2. The third kappa shape index (κ3) is 1.71.